The molecule has 106 valence electrons. The van der Waals surface area contributed by atoms with Crippen molar-refractivity contribution in [1.29, 1.82) is 0 Å². The van der Waals surface area contributed by atoms with Gasteiger partial charge in [0.05, 0.1) is 5.75 Å². The molecule has 0 radical (unpaired) electrons. The Morgan fingerprint density at radius 1 is 1.47 bits per heavy atom. The third-order valence-electron chi connectivity index (χ3n) is 3.59. The molecule has 0 saturated heterocycles. The highest BCUT2D eigenvalue weighted by atomic mass is 32.2. The molecule has 0 bridgehead atoms. The summed E-state index contributed by atoms with van der Waals surface area (Å²) in [6.07, 6.45) is 4.82. The van der Waals surface area contributed by atoms with Crippen molar-refractivity contribution in [1.82, 2.24) is 25.5 Å². The first-order valence-corrected chi connectivity index (χ1v) is 7.87. The number of hydrogen-bond acceptors (Lipinski definition) is 5. The van der Waals surface area contributed by atoms with Crippen LogP contribution in [-0.2, 0) is 11.3 Å². The van der Waals surface area contributed by atoms with Crippen molar-refractivity contribution in [2.75, 3.05) is 5.75 Å². The number of nitrogens with one attached hydrogen (secondary N) is 1. The smallest absolute Gasteiger partial charge is 0.230 e. The van der Waals surface area contributed by atoms with Gasteiger partial charge in [0.2, 0.25) is 11.1 Å². The van der Waals surface area contributed by atoms with Crippen LogP contribution in [0.3, 0.4) is 0 Å². The zero-order valence-electron chi connectivity index (χ0n) is 11.5. The zero-order valence-corrected chi connectivity index (χ0v) is 12.3. The predicted molar refractivity (Wildman–Crippen MR) is 73.8 cm³/mol. The molecule has 0 unspecified atom stereocenters. The monoisotopic (exact) mass is 283 g/mol. The van der Waals surface area contributed by atoms with Crippen LogP contribution in [0.15, 0.2) is 5.16 Å². The number of aromatic nitrogens is 4. The Labute approximate surface area is 117 Å². The molecule has 1 aromatic rings. The molecule has 2 atom stereocenters. The largest absolute Gasteiger partial charge is 0.352 e. The molecule has 1 amide bonds. The van der Waals surface area contributed by atoms with Gasteiger partial charge in [-0.3, -0.25) is 4.79 Å². The van der Waals surface area contributed by atoms with E-state index in [1.807, 2.05) is 6.92 Å². The standard InChI is InChI=1S/C12H21N5OS/c1-3-17-12(14-15-16-17)19-8-11(18)13-10-7-5-4-6-9(10)2/h9-10H,3-8H2,1-2H3,(H,13,18)/t9-,10-/m0/s1. The maximum absolute atomic E-state index is 11.9. The summed E-state index contributed by atoms with van der Waals surface area (Å²) in [6, 6.07) is 0.337. The van der Waals surface area contributed by atoms with E-state index in [4.69, 9.17) is 0 Å². The molecule has 7 heteroatoms. The fourth-order valence-electron chi connectivity index (χ4n) is 2.41. The number of nitrogens with zero attached hydrogens (tertiary/aromatic N) is 4. The maximum atomic E-state index is 11.9. The van der Waals surface area contributed by atoms with Crippen molar-refractivity contribution >= 4 is 17.7 Å². The van der Waals surface area contributed by atoms with Crippen LogP contribution in [0.2, 0.25) is 0 Å². The first-order valence-electron chi connectivity index (χ1n) is 6.89. The van der Waals surface area contributed by atoms with Crippen LogP contribution in [0, 0.1) is 5.92 Å². The van der Waals surface area contributed by atoms with Crippen molar-refractivity contribution in [2.24, 2.45) is 5.92 Å². The third kappa shape index (κ3) is 3.92. The molecular formula is C12H21N5OS. The number of aryl methyl sites for hydroxylation is 1. The molecule has 19 heavy (non-hydrogen) atoms. The van der Waals surface area contributed by atoms with E-state index < -0.39 is 0 Å². The van der Waals surface area contributed by atoms with Gasteiger partial charge in [-0.05, 0) is 36.1 Å². The van der Waals surface area contributed by atoms with Gasteiger partial charge in [-0.15, -0.1) is 5.10 Å². The fourth-order valence-corrected chi connectivity index (χ4v) is 3.16. The molecule has 6 nitrogen and oxygen atoms in total. The van der Waals surface area contributed by atoms with Crippen molar-refractivity contribution in [3.8, 4) is 0 Å². The van der Waals surface area contributed by atoms with E-state index in [-0.39, 0.29) is 5.91 Å². The molecule has 1 saturated carbocycles. The summed E-state index contributed by atoms with van der Waals surface area (Å²) in [4.78, 5) is 11.9. The van der Waals surface area contributed by atoms with Crippen LogP contribution in [0.25, 0.3) is 0 Å². The Hall–Kier alpha value is -1.11. The number of tetrazole rings is 1. The van der Waals surface area contributed by atoms with E-state index in [9.17, 15) is 4.79 Å². The Morgan fingerprint density at radius 2 is 2.26 bits per heavy atom. The second-order valence-electron chi connectivity index (χ2n) is 5.00. The molecule has 1 aromatic heterocycles. The average molecular weight is 283 g/mol. The SMILES string of the molecule is CCn1nnnc1SCC(=O)N[C@H]1CCCC[C@@H]1C. The lowest BCUT2D eigenvalue weighted by atomic mass is 9.86. The minimum absolute atomic E-state index is 0.0782. The van der Waals surface area contributed by atoms with Gasteiger partial charge in [0.15, 0.2) is 0 Å². The van der Waals surface area contributed by atoms with E-state index in [0.717, 1.165) is 13.0 Å². The molecule has 0 aromatic carbocycles. The molecule has 1 aliphatic carbocycles. The third-order valence-corrected chi connectivity index (χ3v) is 4.55. The molecule has 0 aliphatic heterocycles. The lowest BCUT2D eigenvalue weighted by Crippen LogP contribution is -2.41. The Balaban J connectivity index is 1.78. The summed E-state index contributed by atoms with van der Waals surface area (Å²) < 4.78 is 1.70. The molecule has 2 rings (SSSR count). The van der Waals surface area contributed by atoms with Crippen molar-refractivity contribution in [3.63, 3.8) is 0 Å². The fraction of sp³-hybridized carbons (Fsp3) is 0.833. The van der Waals surface area contributed by atoms with Crippen molar-refractivity contribution in [2.45, 2.75) is 57.3 Å². The molecule has 1 fully saturated rings. The van der Waals surface area contributed by atoms with Crippen LogP contribution in [-0.4, -0.2) is 37.9 Å². The second kappa shape index (κ2) is 6.88. The van der Waals surface area contributed by atoms with Crippen LogP contribution >= 0.6 is 11.8 Å². The number of carbonyl (C=O) groups is 1. The number of carbonyl (C=O) groups excluding carboxylic acids is 1. The van der Waals surface area contributed by atoms with Crippen LogP contribution < -0.4 is 5.32 Å². The molecular weight excluding hydrogens is 262 g/mol. The van der Waals surface area contributed by atoms with Gasteiger partial charge in [-0.1, -0.05) is 31.5 Å². The van der Waals surface area contributed by atoms with Crippen LogP contribution in [0.1, 0.15) is 39.5 Å². The molecule has 1 heterocycles. The van der Waals surface area contributed by atoms with Gasteiger partial charge in [0, 0.05) is 12.6 Å². The summed E-state index contributed by atoms with van der Waals surface area (Å²) in [6.45, 7) is 4.91. The molecule has 1 N–H and O–H groups in total. The highest BCUT2D eigenvalue weighted by Gasteiger charge is 2.22. The van der Waals surface area contributed by atoms with Gasteiger partial charge in [-0.2, -0.15) is 0 Å². The van der Waals surface area contributed by atoms with E-state index in [2.05, 4.69) is 27.8 Å². The second-order valence-corrected chi connectivity index (χ2v) is 5.94. The highest BCUT2D eigenvalue weighted by molar-refractivity contribution is 7.99. The van der Waals surface area contributed by atoms with Gasteiger partial charge >= 0.3 is 0 Å². The van der Waals surface area contributed by atoms with Crippen molar-refractivity contribution in [3.05, 3.63) is 0 Å². The lowest BCUT2D eigenvalue weighted by Gasteiger charge is -2.29. The van der Waals surface area contributed by atoms with Gasteiger partial charge < -0.3 is 5.32 Å². The topological polar surface area (TPSA) is 72.7 Å². The number of hydrogen-bond donors (Lipinski definition) is 1. The summed E-state index contributed by atoms with van der Waals surface area (Å²) >= 11 is 1.39. The van der Waals surface area contributed by atoms with E-state index in [1.54, 1.807) is 4.68 Å². The summed E-state index contributed by atoms with van der Waals surface area (Å²) in [7, 11) is 0. The first-order chi connectivity index (χ1) is 9.20. The van der Waals surface area contributed by atoms with Gasteiger partial charge in [0.1, 0.15) is 0 Å². The first kappa shape index (κ1) is 14.3. The Bertz CT molecular complexity index is 422. The Kier molecular flexibility index (Phi) is 5.18. The minimum atomic E-state index is 0.0782. The summed E-state index contributed by atoms with van der Waals surface area (Å²) in [5, 5.41) is 15.2. The van der Waals surface area contributed by atoms with E-state index in [1.165, 1.54) is 31.0 Å². The maximum Gasteiger partial charge on any atom is 0.230 e. The average Bonchev–Trinajstić information content (AvgIpc) is 2.86. The van der Waals surface area contributed by atoms with Crippen LogP contribution in [0.5, 0.6) is 0 Å². The highest BCUT2D eigenvalue weighted by Crippen LogP contribution is 2.24. The van der Waals surface area contributed by atoms with Gasteiger partial charge in [0.25, 0.3) is 0 Å². The minimum Gasteiger partial charge on any atom is -0.352 e. The Morgan fingerprint density at radius 3 is 3.00 bits per heavy atom. The lowest BCUT2D eigenvalue weighted by molar-refractivity contribution is -0.119. The number of thioether (sulfide) groups is 1. The normalized spacial score (nSPS) is 23.3. The van der Waals surface area contributed by atoms with E-state index >= 15 is 0 Å². The molecule has 1 aliphatic rings. The van der Waals surface area contributed by atoms with E-state index in [0.29, 0.717) is 22.9 Å². The molecule has 0 spiro atoms. The quantitative estimate of drug-likeness (QED) is 0.829. The van der Waals surface area contributed by atoms with Crippen LogP contribution in [0.4, 0.5) is 0 Å². The van der Waals surface area contributed by atoms with Gasteiger partial charge in [-0.25, -0.2) is 4.68 Å². The number of amides is 1. The summed E-state index contributed by atoms with van der Waals surface area (Å²) in [5.41, 5.74) is 0. The predicted octanol–water partition coefficient (Wildman–Crippen LogP) is 1.48. The zero-order chi connectivity index (χ0) is 13.7. The number of rotatable bonds is 5. The summed E-state index contributed by atoms with van der Waals surface area (Å²) in [5.74, 6) is 1.04. The van der Waals surface area contributed by atoms with Crippen molar-refractivity contribution < 1.29 is 4.79 Å².